The van der Waals surface area contributed by atoms with E-state index in [2.05, 4.69) is 45.4 Å². The summed E-state index contributed by atoms with van der Waals surface area (Å²) in [7, 11) is 0. The van der Waals surface area contributed by atoms with Gasteiger partial charge in [0.25, 0.3) is 0 Å². The van der Waals surface area contributed by atoms with Crippen LogP contribution in [0.4, 0.5) is 0 Å². The second kappa shape index (κ2) is 10.1. The van der Waals surface area contributed by atoms with Crippen LogP contribution in [-0.2, 0) is 22.5 Å². The van der Waals surface area contributed by atoms with E-state index in [1.807, 2.05) is 18.2 Å². The number of aromatic nitrogens is 1. The molecule has 0 amide bonds. The van der Waals surface area contributed by atoms with Crippen molar-refractivity contribution in [3.63, 3.8) is 0 Å². The van der Waals surface area contributed by atoms with E-state index in [0.29, 0.717) is 6.61 Å². The van der Waals surface area contributed by atoms with Crippen LogP contribution in [0.5, 0.6) is 0 Å². The molecular weight excluding hydrogens is 362 g/mol. The van der Waals surface area contributed by atoms with Crippen molar-refractivity contribution < 1.29 is 9.47 Å². The van der Waals surface area contributed by atoms with Crippen LogP contribution in [0.25, 0.3) is 0 Å². The summed E-state index contributed by atoms with van der Waals surface area (Å²) in [4.78, 5) is 4.37. The number of ether oxygens (including phenoxy) is 2. The smallest absolute Gasteiger partial charge is 0.159 e. The average Bonchev–Trinajstić information content (AvgIpc) is 2.95. The van der Waals surface area contributed by atoms with Crippen LogP contribution >= 0.6 is 27.3 Å². The van der Waals surface area contributed by atoms with Crippen LogP contribution in [-0.4, -0.2) is 24.3 Å². The zero-order valence-electron chi connectivity index (χ0n) is 12.8. The van der Waals surface area contributed by atoms with E-state index in [1.54, 1.807) is 11.3 Å². The second-order valence-electron chi connectivity index (χ2n) is 5.20. The fraction of sp³-hybridized carbons (Fsp3) is 0.471. The van der Waals surface area contributed by atoms with Crippen LogP contribution in [0.1, 0.15) is 31.0 Å². The molecule has 0 aliphatic heterocycles. The lowest BCUT2D eigenvalue weighted by Crippen LogP contribution is -2.12. The van der Waals surface area contributed by atoms with Gasteiger partial charge < -0.3 is 9.47 Å². The van der Waals surface area contributed by atoms with E-state index in [9.17, 15) is 0 Å². The first-order chi connectivity index (χ1) is 10.7. The van der Waals surface area contributed by atoms with Gasteiger partial charge >= 0.3 is 0 Å². The van der Waals surface area contributed by atoms with Gasteiger partial charge in [-0.2, -0.15) is 0 Å². The minimum absolute atomic E-state index is 0.217. The van der Waals surface area contributed by atoms with Gasteiger partial charge in [-0.25, -0.2) is 4.98 Å². The zero-order valence-corrected chi connectivity index (χ0v) is 15.2. The van der Waals surface area contributed by atoms with Gasteiger partial charge in [0.2, 0.25) is 0 Å². The minimum Gasteiger partial charge on any atom is -0.381 e. The molecule has 1 atom stereocenters. The van der Waals surface area contributed by atoms with Crippen LogP contribution in [0.3, 0.4) is 0 Å². The molecule has 0 saturated heterocycles. The molecule has 0 N–H and O–H groups in total. The summed E-state index contributed by atoms with van der Waals surface area (Å²) in [5.74, 6) is 0. The van der Waals surface area contributed by atoms with E-state index < -0.39 is 0 Å². The quantitative estimate of drug-likeness (QED) is 0.549. The van der Waals surface area contributed by atoms with Gasteiger partial charge in [0.05, 0.1) is 18.4 Å². The van der Waals surface area contributed by atoms with Crippen LogP contribution < -0.4 is 0 Å². The van der Waals surface area contributed by atoms with Crippen molar-refractivity contribution >= 4 is 27.3 Å². The van der Waals surface area contributed by atoms with Crippen LogP contribution in [0.2, 0.25) is 0 Å². The highest BCUT2D eigenvalue weighted by atomic mass is 79.9. The van der Waals surface area contributed by atoms with Crippen molar-refractivity contribution in [1.82, 2.24) is 4.98 Å². The summed E-state index contributed by atoms with van der Waals surface area (Å²) in [5, 5.41) is 2.09. The molecule has 1 heterocycles. The number of hydrogen-bond donors (Lipinski definition) is 0. The standard InChI is InChI=1S/C17H22BrNO2S/c1-14(21-12-15-6-3-2-4-7-15)9-11-20-10-5-8-16-13-22-17(18)19-16/h2-4,6-7,13-14H,5,8-12H2,1H3. The highest BCUT2D eigenvalue weighted by Crippen LogP contribution is 2.16. The number of hydrogen-bond acceptors (Lipinski definition) is 4. The molecule has 1 aromatic carbocycles. The summed E-state index contributed by atoms with van der Waals surface area (Å²) in [6, 6.07) is 10.3. The number of halogens is 1. The summed E-state index contributed by atoms with van der Waals surface area (Å²) < 4.78 is 12.4. The Bertz CT molecular complexity index is 532. The molecule has 3 nitrogen and oxygen atoms in total. The van der Waals surface area contributed by atoms with E-state index >= 15 is 0 Å². The van der Waals surface area contributed by atoms with Crippen molar-refractivity contribution in [2.75, 3.05) is 13.2 Å². The maximum atomic E-state index is 5.81. The van der Waals surface area contributed by atoms with Crippen molar-refractivity contribution in [2.24, 2.45) is 0 Å². The first-order valence-electron chi connectivity index (χ1n) is 7.57. The van der Waals surface area contributed by atoms with Gasteiger partial charge in [-0.3, -0.25) is 0 Å². The monoisotopic (exact) mass is 383 g/mol. The van der Waals surface area contributed by atoms with E-state index in [1.165, 1.54) is 5.56 Å². The van der Waals surface area contributed by atoms with Crippen LogP contribution in [0, 0.1) is 0 Å². The number of benzene rings is 1. The molecular formula is C17H22BrNO2S. The Morgan fingerprint density at radius 1 is 1.23 bits per heavy atom. The molecule has 0 spiro atoms. The Morgan fingerprint density at radius 3 is 2.77 bits per heavy atom. The number of rotatable bonds is 10. The summed E-state index contributed by atoms with van der Waals surface area (Å²) in [6.07, 6.45) is 3.13. The SMILES string of the molecule is CC(CCOCCCc1csc(Br)n1)OCc1ccccc1. The lowest BCUT2D eigenvalue weighted by molar-refractivity contribution is 0.0218. The average molecular weight is 384 g/mol. The fourth-order valence-corrected chi connectivity index (χ4v) is 3.08. The molecule has 0 radical (unpaired) electrons. The second-order valence-corrected chi connectivity index (χ2v) is 7.34. The molecule has 1 aromatic heterocycles. The molecule has 0 bridgehead atoms. The molecule has 1 unspecified atom stereocenters. The largest absolute Gasteiger partial charge is 0.381 e. The Balaban J connectivity index is 1.47. The Hall–Kier alpha value is -0.750. The molecule has 120 valence electrons. The van der Waals surface area contributed by atoms with E-state index in [-0.39, 0.29) is 6.10 Å². The summed E-state index contributed by atoms with van der Waals surface area (Å²) in [6.45, 7) is 4.29. The third-order valence-corrected chi connectivity index (χ3v) is 4.71. The normalized spacial score (nSPS) is 12.5. The number of nitrogens with zero attached hydrogens (tertiary/aromatic N) is 1. The van der Waals surface area contributed by atoms with Crippen molar-refractivity contribution in [3.05, 3.63) is 50.9 Å². The molecule has 2 rings (SSSR count). The summed E-state index contributed by atoms with van der Waals surface area (Å²) >= 11 is 5.00. The van der Waals surface area contributed by atoms with Gasteiger partial charge in [0, 0.05) is 18.6 Å². The number of thiazole rings is 1. The first kappa shape index (κ1) is 17.6. The Morgan fingerprint density at radius 2 is 2.05 bits per heavy atom. The Kier molecular flexibility index (Phi) is 8.08. The first-order valence-corrected chi connectivity index (χ1v) is 9.24. The van der Waals surface area contributed by atoms with Crippen LogP contribution in [0.15, 0.2) is 39.6 Å². The topological polar surface area (TPSA) is 31.4 Å². The highest BCUT2D eigenvalue weighted by molar-refractivity contribution is 9.11. The van der Waals surface area contributed by atoms with Gasteiger partial charge in [0.15, 0.2) is 3.92 Å². The van der Waals surface area contributed by atoms with Crippen molar-refractivity contribution in [1.29, 1.82) is 0 Å². The fourth-order valence-electron chi connectivity index (χ4n) is 2.00. The lowest BCUT2D eigenvalue weighted by Gasteiger charge is -2.13. The van der Waals surface area contributed by atoms with Gasteiger partial charge in [-0.1, -0.05) is 30.3 Å². The van der Waals surface area contributed by atoms with Gasteiger partial charge in [0.1, 0.15) is 0 Å². The molecule has 22 heavy (non-hydrogen) atoms. The molecule has 0 aliphatic carbocycles. The highest BCUT2D eigenvalue weighted by Gasteiger charge is 2.03. The van der Waals surface area contributed by atoms with Crippen molar-refractivity contribution in [3.8, 4) is 0 Å². The van der Waals surface area contributed by atoms with E-state index in [4.69, 9.17) is 9.47 Å². The molecule has 0 fully saturated rings. The van der Waals surface area contributed by atoms with Gasteiger partial charge in [-0.15, -0.1) is 11.3 Å². The minimum atomic E-state index is 0.217. The zero-order chi connectivity index (χ0) is 15.6. The third-order valence-electron chi connectivity index (χ3n) is 3.29. The Labute approximate surface area is 144 Å². The number of aryl methyl sites for hydroxylation is 1. The van der Waals surface area contributed by atoms with Gasteiger partial charge in [-0.05, 0) is 47.7 Å². The molecule has 5 heteroatoms. The predicted octanol–water partition coefficient (Wildman–Crippen LogP) is 4.85. The van der Waals surface area contributed by atoms with E-state index in [0.717, 1.165) is 42.1 Å². The maximum Gasteiger partial charge on any atom is 0.159 e. The maximum absolute atomic E-state index is 5.81. The lowest BCUT2D eigenvalue weighted by atomic mass is 10.2. The third kappa shape index (κ3) is 7.01. The predicted molar refractivity (Wildman–Crippen MR) is 94.3 cm³/mol. The summed E-state index contributed by atoms with van der Waals surface area (Å²) in [5.41, 5.74) is 2.35. The van der Waals surface area contributed by atoms with Crippen molar-refractivity contribution in [2.45, 2.75) is 38.9 Å². The molecule has 0 saturated carbocycles. The molecule has 0 aliphatic rings. The molecule has 2 aromatic rings.